The van der Waals surface area contributed by atoms with Crippen molar-refractivity contribution in [2.75, 3.05) is 25.6 Å². The largest absolute Gasteiger partial charge is 0.486 e. The molecule has 1 aromatic heterocycles. The SMILES string of the molecule is Nc1ccc(-c2cc3c(c(C(=O)N[C@@H](CO)Cc4c[nH]c5ccccc45)c2)OCCO3)cc1. The van der Waals surface area contributed by atoms with Gasteiger partial charge in [-0.2, -0.15) is 0 Å². The van der Waals surface area contributed by atoms with Gasteiger partial charge in [0.2, 0.25) is 0 Å². The minimum Gasteiger partial charge on any atom is -0.486 e. The number of aliphatic hydroxyl groups excluding tert-OH is 1. The summed E-state index contributed by atoms with van der Waals surface area (Å²) in [6.45, 7) is 0.592. The normalized spacial score (nSPS) is 13.6. The topological polar surface area (TPSA) is 110 Å². The molecule has 1 aliphatic heterocycles. The maximum atomic E-state index is 13.3. The maximum absolute atomic E-state index is 13.3. The average molecular weight is 444 g/mol. The first-order valence-corrected chi connectivity index (χ1v) is 10.9. The standard InChI is InChI=1S/C26H25N3O4/c27-19-7-5-16(6-8-19)17-12-22(25-24(13-17)32-9-10-33-25)26(31)29-20(15-30)11-18-14-28-23-4-2-1-3-21(18)23/h1-8,12-14,20,28,30H,9-11,15,27H2,(H,29,31)/t20-/m1/s1. The second-order valence-corrected chi connectivity index (χ2v) is 8.09. The predicted octanol–water partition coefficient (Wildman–Crippen LogP) is 3.52. The summed E-state index contributed by atoms with van der Waals surface area (Å²) >= 11 is 0. The number of amides is 1. The number of nitrogen functional groups attached to an aromatic ring is 1. The lowest BCUT2D eigenvalue weighted by molar-refractivity contribution is 0.0906. The van der Waals surface area contributed by atoms with E-state index in [0.29, 0.717) is 42.4 Å². The Hall–Kier alpha value is -3.97. The molecule has 0 fully saturated rings. The van der Waals surface area contributed by atoms with Crippen LogP contribution in [-0.4, -0.2) is 41.9 Å². The molecule has 7 heteroatoms. The minimum absolute atomic E-state index is 0.192. The number of anilines is 1. The Kier molecular flexibility index (Phi) is 5.62. The molecule has 3 aromatic carbocycles. The van der Waals surface area contributed by atoms with Gasteiger partial charge in [-0.25, -0.2) is 0 Å². The van der Waals surface area contributed by atoms with Crippen LogP contribution >= 0.6 is 0 Å². The molecule has 0 spiro atoms. The van der Waals surface area contributed by atoms with Crippen molar-refractivity contribution in [2.24, 2.45) is 0 Å². The van der Waals surface area contributed by atoms with Crippen LogP contribution in [0.2, 0.25) is 0 Å². The zero-order valence-corrected chi connectivity index (χ0v) is 18.0. The van der Waals surface area contributed by atoms with Gasteiger partial charge < -0.3 is 30.6 Å². The minimum atomic E-state index is -0.461. The number of aliphatic hydroxyl groups is 1. The van der Waals surface area contributed by atoms with Gasteiger partial charge in [-0.1, -0.05) is 30.3 Å². The van der Waals surface area contributed by atoms with Crippen LogP contribution in [0.25, 0.3) is 22.0 Å². The monoisotopic (exact) mass is 443 g/mol. The molecule has 1 amide bonds. The van der Waals surface area contributed by atoms with Crippen LogP contribution in [0.4, 0.5) is 5.69 Å². The third kappa shape index (κ3) is 4.23. The van der Waals surface area contributed by atoms with Crippen molar-refractivity contribution in [3.05, 3.63) is 78.0 Å². The van der Waals surface area contributed by atoms with E-state index in [4.69, 9.17) is 15.2 Å². The number of hydrogen-bond acceptors (Lipinski definition) is 5. The van der Waals surface area contributed by atoms with E-state index < -0.39 is 6.04 Å². The van der Waals surface area contributed by atoms with Gasteiger partial charge in [0, 0.05) is 22.8 Å². The quantitative estimate of drug-likeness (QED) is 0.341. The fraction of sp³-hybridized carbons (Fsp3) is 0.192. The fourth-order valence-electron chi connectivity index (χ4n) is 4.15. The number of H-pyrrole nitrogens is 1. The molecule has 5 N–H and O–H groups in total. The summed E-state index contributed by atoms with van der Waals surface area (Å²) in [5, 5.41) is 14.0. The van der Waals surface area contributed by atoms with E-state index in [1.54, 1.807) is 6.07 Å². The zero-order valence-electron chi connectivity index (χ0n) is 18.0. The van der Waals surface area contributed by atoms with Gasteiger partial charge in [-0.05, 0) is 53.4 Å². The van der Waals surface area contributed by atoms with Crippen LogP contribution in [0.1, 0.15) is 15.9 Å². The first-order chi connectivity index (χ1) is 16.1. The molecule has 2 heterocycles. The van der Waals surface area contributed by atoms with Crippen LogP contribution in [0.5, 0.6) is 11.5 Å². The molecule has 1 atom stereocenters. The third-order valence-corrected chi connectivity index (χ3v) is 5.83. The van der Waals surface area contributed by atoms with Crippen LogP contribution in [0, 0.1) is 0 Å². The number of rotatable bonds is 6. The number of aromatic nitrogens is 1. The lowest BCUT2D eigenvalue weighted by Crippen LogP contribution is -2.39. The van der Waals surface area contributed by atoms with E-state index in [1.165, 1.54) is 0 Å². The van der Waals surface area contributed by atoms with E-state index in [1.807, 2.05) is 60.8 Å². The van der Waals surface area contributed by atoms with Crippen molar-refractivity contribution >= 4 is 22.5 Å². The number of fused-ring (bicyclic) bond motifs is 2. The number of hydrogen-bond donors (Lipinski definition) is 4. The van der Waals surface area contributed by atoms with Crippen molar-refractivity contribution in [3.63, 3.8) is 0 Å². The maximum Gasteiger partial charge on any atom is 0.255 e. The second-order valence-electron chi connectivity index (χ2n) is 8.09. The molecular weight excluding hydrogens is 418 g/mol. The average Bonchev–Trinajstić information content (AvgIpc) is 3.26. The number of ether oxygens (including phenoxy) is 2. The molecule has 4 aromatic rings. The van der Waals surface area contributed by atoms with Gasteiger partial charge in [0.25, 0.3) is 5.91 Å². The Labute approximate surface area is 191 Å². The molecule has 5 rings (SSSR count). The van der Waals surface area contributed by atoms with Gasteiger partial charge in [0.15, 0.2) is 11.5 Å². The predicted molar refractivity (Wildman–Crippen MR) is 128 cm³/mol. The summed E-state index contributed by atoms with van der Waals surface area (Å²) in [6.07, 6.45) is 2.41. The molecule has 0 saturated heterocycles. The molecule has 1 aliphatic rings. The number of para-hydroxylation sites is 1. The zero-order chi connectivity index (χ0) is 22.8. The summed E-state index contributed by atoms with van der Waals surface area (Å²) in [5.74, 6) is 0.618. The lowest BCUT2D eigenvalue weighted by atomic mass is 10.00. The summed E-state index contributed by atoms with van der Waals surface area (Å²) < 4.78 is 11.6. The highest BCUT2D eigenvalue weighted by Gasteiger charge is 2.24. The Bertz CT molecular complexity index is 1300. The molecule has 0 unspecified atom stereocenters. The van der Waals surface area contributed by atoms with Crippen LogP contribution < -0.4 is 20.5 Å². The molecule has 0 radical (unpaired) electrons. The van der Waals surface area contributed by atoms with Crippen LogP contribution in [-0.2, 0) is 6.42 Å². The number of carbonyl (C=O) groups is 1. The van der Waals surface area contributed by atoms with Gasteiger partial charge >= 0.3 is 0 Å². The Morgan fingerprint density at radius 1 is 1.06 bits per heavy atom. The molecule has 0 bridgehead atoms. The smallest absolute Gasteiger partial charge is 0.255 e. The third-order valence-electron chi connectivity index (χ3n) is 5.83. The van der Waals surface area contributed by atoms with E-state index in [9.17, 15) is 9.90 Å². The van der Waals surface area contributed by atoms with Crippen LogP contribution in [0.15, 0.2) is 66.9 Å². The summed E-state index contributed by atoms with van der Waals surface area (Å²) in [4.78, 5) is 16.6. The van der Waals surface area contributed by atoms with Gasteiger partial charge in [-0.3, -0.25) is 4.79 Å². The molecular formula is C26H25N3O4. The summed E-state index contributed by atoms with van der Waals surface area (Å²) in [5.41, 5.74) is 10.6. The van der Waals surface area contributed by atoms with Crippen molar-refractivity contribution in [3.8, 4) is 22.6 Å². The van der Waals surface area contributed by atoms with Crippen molar-refractivity contribution in [1.82, 2.24) is 10.3 Å². The number of nitrogens with one attached hydrogen (secondary N) is 2. The van der Waals surface area contributed by atoms with Crippen molar-refractivity contribution < 1.29 is 19.4 Å². The Balaban J connectivity index is 1.44. The number of aromatic amines is 1. The Morgan fingerprint density at radius 3 is 2.67 bits per heavy atom. The fourth-order valence-corrected chi connectivity index (χ4v) is 4.15. The number of benzene rings is 3. The van der Waals surface area contributed by atoms with E-state index in [-0.39, 0.29) is 12.5 Å². The number of nitrogens with two attached hydrogens (primary N) is 1. The second kappa shape index (κ2) is 8.88. The van der Waals surface area contributed by atoms with E-state index in [2.05, 4.69) is 10.3 Å². The molecule has 168 valence electrons. The van der Waals surface area contributed by atoms with Crippen LogP contribution in [0.3, 0.4) is 0 Å². The summed E-state index contributed by atoms with van der Waals surface area (Å²) in [6, 6.07) is 18.6. The van der Waals surface area contributed by atoms with Crippen molar-refractivity contribution in [2.45, 2.75) is 12.5 Å². The highest BCUT2D eigenvalue weighted by atomic mass is 16.6. The molecule has 7 nitrogen and oxygen atoms in total. The van der Waals surface area contributed by atoms with Crippen molar-refractivity contribution in [1.29, 1.82) is 0 Å². The molecule has 0 saturated carbocycles. The number of carbonyl (C=O) groups excluding carboxylic acids is 1. The first kappa shape index (κ1) is 20.9. The Morgan fingerprint density at radius 2 is 1.85 bits per heavy atom. The van der Waals surface area contributed by atoms with Gasteiger partial charge in [-0.15, -0.1) is 0 Å². The molecule has 33 heavy (non-hydrogen) atoms. The van der Waals surface area contributed by atoms with E-state index >= 15 is 0 Å². The highest BCUT2D eigenvalue weighted by molar-refractivity contribution is 5.99. The van der Waals surface area contributed by atoms with E-state index in [0.717, 1.165) is 27.6 Å². The molecule has 0 aliphatic carbocycles. The highest BCUT2D eigenvalue weighted by Crippen LogP contribution is 2.38. The first-order valence-electron chi connectivity index (χ1n) is 10.9. The van der Waals surface area contributed by atoms with Gasteiger partial charge in [0.05, 0.1) is 18.2 Å². The summed E-state index contributed by atoms with van der Waals surface area (Å²) in [7, 11) is 0. The lowest BCUT2D eigenvalue weighted by Gasteiger charge is -2.23. The van der Waals surface area contributed by atoms with Gasteiger partial charge in [0.1, 0.15) is 13.2 Å².